The highest BCUT2D eigenvalue weighted by Crippen LogP contribution is 2.17. The first-order valence-electron chi connectivity index (χ1n) is 5.80. The van der Waals surface area contributed by atoms with Crippen LogP contribution < -0.4 is 5.32 Å². The zero-order chi connectivity index (χ0) is 14.7. The summed E-state index contributed by atoms with van der Waals surface area (Å²) in [5, 5.41) is 21.3. The molecule has 0 spiro atoms. The minimum absolute atomic E-state index is 0.0754. The fourth-order valence-corrected chi connectivity index (χ4v) is 2.33. The highest BCUT2D eigenvalue weighted by molar-refractivity contribution is 7.09. The molecule has 0 radical (unpaired) electrons. The van der Waals surface area contributed by atoms with Crippen LogP contribution in [0.3, 0.4) is 0 Å². The van der Waals surface area contributed by atoms with Crippen LogP contribution in [0.4, 0.5) is 0 Å². The van der Waals surface area contributed by atoms with Gasteiger partial charge in [0, 0.05) is 11.1 Å². The van der Waals surface area contributed by atoms with Crippen LogP contribution in [0.2, 0.25) is 0 Å². The van der Waals surface area contributed by atoms with Crippen LogP contribution in [0.5, 0.6) is 0 Å². The van der Waals surface area contributed by atoms with Gasteiger partial charge in [-0.2, -0.15) is 0 Å². The number of carbonyl (C=O) groups excluding carboxylic acids is 1. The van der Waals surface area contributed by atoms with Crippen molar-refractivity contribution < 1.29 is 14.7 Å². The first kappa shape index (κ1) is 14.1. The smallest absolute Gasteiger partial charge is 0.325 e. The Bertz CT molecular complexity index is 636. The molecule has 8 nitrogen and oxygen atoms in total. The first-order valence-corrected chi connectivity index (χ1v) is 6.68. The highest BCUT2D eigenvalue weighted by atomic mass is 32.1. The Kier molecular flexibility index (Phi) is 4.08. The number of carboxylic acids is 1. The molecule has 2 heterocycles. The third kappa shape index (κ3) is 3.38. The minimum atomic E-state index is -1.05. The molecule has 0 aliphatic heterocycles. The van der Waals surface area contributed by atoms with E-state index < -0.39 is 11.9 Å². The summed E-state index contributed by atoms with van der Waals surface area (Å²) in [6.07, 6.45) is 1.29. The molecule has 0 saturated heterocycles. The maximum atomic E-state index is 11.9. The van der Waals surface area contributed by atoms with Gasteiger partial charge in [0.1, 0.15) is 11.6 Å². The Morgan fingerprint density at radius 2 is 2.30 bits per heavy atom. The second-order valence-electron chi connectivity index (χ2n) is 4.22. The molecule has 2 N–H and O–H groups in total. The average molecular weight is 295 g/mol. The lowest BCUT2D eigenvalue weighted by Gasteiger charge is -2.09. The summed E-state index contributed by atoms with van der Waals surface area (Å²) in [5.74, 6) is -1.46. The number of rotatable bonds is 5. The first-order chi connectivity index (χ1) is 9.45. The molecule has 2 rings (SSSR count). The van der Waals surface area contributed by atoms with Crippen molar-refractivity contribution in [2.24, 2.45) is 0 Å². The molecule has 9 heteroatoms. The third-order valence-electron chi connectivity index (χ3n) is 2.42. The molecule has 20 heavy (non-hydrogen) atoms. The SMILES string of the molecule is Cc1csc(C(C)NC(=O)c2cn(CC(=O)O)nn2)n1. The molecule has 0 bridgehead atoms. The van der Waals surface area contributed by atoms with Crippen LogP contribution in [-0.2, 0) is 11.3 Å². The molecule has 1 atom stereocenters. The Morgan fingerprint density at radius 3 is 2.90 bits per heavy atom. The van der Waals surface area contributed by atoms with Crippen LogP contribution in [0.1, 0.15) is 34.2 Å². The summed E-state index contributed by atoms with van der Waals surface area (Å²) in [6, 6.07) is -0.245. The van der Waals surface area contributed by atoms with E-state index >= 15 is 0 Å². The maximum absolute atomic E-state index is 11.9. The third-order valence-corrected chi connectivity index (χ3v) is 3.57. The van der Waals surface area contributed by atoms with Crippen LogP contribution >= 0.6 is 11.3 Å². The number of thiazole rings is 1. The average Bonchev–Trinajstić information content (AvgIpc) is 2.97. The van der Waals surface area contributed by atoms with E-state index in [0.29, 0.717) is 0 Å². The molecule has 1 amide bonds. The van der Waals surface area contributed by atoms with E-state index in [0.717, 1.165) is 15.4 Å². The lowest BCUT2D eigenvalue weighted by molar-refractivity contribution is -0.137. The summed E-state index contributed by atoms with van der Waals surface area (Å²) in [6.45, 7) is 3.37. The number of hydrogen-bond donors (Lipinski definition) is 2. The van der Waals surface area contributed by atoms with Gasteiger partial charge in [0.25, 0.3) is 5.91 Å². The Hall–Kier alpha value is -2.29. The minimum Gasteiger partial charge on any atom is -0.480 e. The van der Waals surface area contributed by atoms with Gasteiger partial charge in [-0.25, -0.2) is 9.67 Å². The lowest BCUT2D eigenvalue weighted by atomic mass is 10.3. The second-order valence-corrected chi connectivity index (χ2v) is 5.11. The van der Waals surface area contributed by atoms with E-state index in [1.807, 2.05) is 19.2 Å². The summed E-state index contributed by atoms with van der Waals surface area (Å²) < 4.78 is 1.09. The van der Waals surface area contributed by atoms with E-state index in [-0.39, 0.29) is 18.3 Å². The summed E-state index contributed by atoms with van der Waals surface area (Å²) in [5.41, 5.74) is 0.977. The zero-order valence-corrected chi connectivity index (χ0v) is 11.7. The van der Waals surface area contributed by atoms with Crippen molar-refractivity contribution in [3.05, 3.63) is 28.0 Å². The van der Waals surface area contributed by atoms with Crippen molar-refractivity contribution in [3.8, 4) is 0 Å². The van der Waals surface area contributed by atoms with E-state index in [4.69, 9.17) is 5.11 Å². The zero-order valence-electron chi connectivity index (χ0n) is 10.9. The second kappa shape index (κ2) is 5.78. The van der Waals surface area contributed by atoms with Crippen molar-refractivity contribution >= 4 is 23.2 Å². The van der Waals surface area contributed by atoms with E-state index in [1.54, 1.807) is 0 Å². The van der Waals surface area contributed by atoms with Crippen molar-refractivity contribution in [2.45, 2.75) is 26.4 Å². The largest absolute Gasteiger partial charge is 0.480 e. The molecule has 2 aromatic heterocycles. The summed E-state index contributed by atoms with van der Waals surface area (Å²) in [7, 11) is 0. The topological polar surface area (TPSA) is 110 Å². The van der Waals surface area contributed by atoms with Gasteiger partial charge in [0.15, 0.2) is 5.69 Å². The number of nitrogens with zero attached hydrogens (tertiary/aromatic N) is 4. The number of hydrogen-bond acceptors (Lipinski definition) is 6. The van der Waals surface area contributed by atoms with E-state index in [9.17, 15) is 9.59 Å². The van der Waals surface area contributed by atoms with E-state index in [1.165, 1.54) is 17.5 Å². The quantitative estimate of drug-likeness (QED) is 0.836. The molecule has 0 aromatic carbocycles. The van der Waals surface area contributed by atoms with Gasteiger partial charge in [-0.05, 0) is 13.8 Å². The molecular weight excluding hydrogens is 282 g/mol. The fourth-order valence-electron chi connectivity index (χ4n) is 1.52. The normalized spacial score (nSPS) is 12.1. The summed E-state index contributed by atoms with van der Waals surface area (Å²) >= 11 is 1.46. The molecular formula is C11H13N5O3S. The number of amides is 1. The van der Waals surface area contributed by atoms with Gasteiger partial charge in [0.05, 0.1) is 12.2 Å². The molecule has 0 saturated carbocycles. The predicted octanol–water partition coefficient (Wildman–Crippen LogP) is 0.619. The van der Waals surface area contributed by atoms with Crippen molar-refractivity contribution in [1.82, 2.24) is 25.3 Å². The van der Waals surface area contributed by atoms with Crippen LogP contribution in [-0.4, -0.2) is 37.0 Å². The van der Waals surface area contributed by atoms with Crippen molar-refractivity contribution in [2.75, 3.05) is 0 Å². The Labute approximate surface area is 118 Å². The van der Waals surface area contributed by atoms with Crippen LogP contribution in [0.15, 0.2) is 11.6 Å². The van der Waals surface area contributed by atoms with Crippen molar-refractivity contribution in [1.29, 1.82) is 0 Å². The van der Waals surface area contributed by atoms with Gasteiger partial charge in [0.2, 0.25) is 0 Å². The van der Waals surface area contributed by atoms with Crippen LogP contribution in [0.25, 0.3) is 0 Å². The highest BCUT2D eigenvalue weighted by Gasteiger charge is 2.17. The lowest BCUT2D eigenvalue weighted by Crippen LogP contribution is -2.27. The predicted molar refractivity (Wildman–Crippen MR) is 70.4 cm³/mol. The number of aryl methyl sites for hydroxylation is 1. The monoisotopic (exact) mass is 295 g/mol. The standard InChI is InChI=1S/C11H13N5O3S/c1-6-5-20-11(12-6)7(2)13-10(19)8-3-16(15-14-8)4-9(17)18/h3,5,7H,4H2,1-2H3,(H,13,19)(H,17,18). The van der Waals surface area contributed by atoms with Crippen molar-refractivity contribution in [3.63, 3.8) is 0 Å². The number of nitrogens with one attached hydrogen (secondary N) is 1. The Balaban J connectivity index is 2.01. The number of aromatic nitrogens is 4. The molecule has 0 fully saturated rings. The Morgan fingerprint density at radius 1 is 1.55 bits per heavy atom. The van der Waals surface area contributed by atoms with Gasteiger partial charge in [-0.3, -0.25) is 9.59 Å². The van der Waals surface area contributed by atoms with Gasteiger partial charge >= 0.3 is 5.97 Å². The molecule has 106 valence electrons. The molecule has 2 aromatic rings. The van der Waals surface area contributed by atoms with Gasteiger partial charge in [-0.1, -0.05) is 5.21 Å². The summed E-state index contributed by atoms with van der Waals surface area (Å²) in [4.78, 5) is 26.7. The maximum Gasteiger partial charge on any atom is 0.325 e. The van der Waals surface area contributed by atoms with Gasteiger partial charge in [-0.15, -0.1) is 16.4 Å². The van der Waals surface area contributed by atoms with E-state index in [2.05, 4.69) is 20.6 Å². The molecule has 0 aliphatic carbocycles. The molecule has 1 unspecified atom stereocenters. The van der Waals surface area contributed by atoms with Gasteiger partial charge < -0.3 is 10.4 Å². The number of carboxylic acid groups (broad SMARTS) is 1. The van der Waals surface area contributed by atoms with Crippen LogP contribution in [0, 0.1) is 6.92 Å². The number of carbonyl (C=O) groups is 2. The fraction of sp³-hybridized carbons (Fsp3) is 0.364. The molecule has 0 aliphatic rings. The number of aliphatic carboxylic acids is 1.